The van der Waals surface area contributed by atoms with Gasteiger partial charge in [0.05, 0.1) is 6.10 Å². The molecule has 0 aromatic rings. The number of hydrogen-bond acceptors (Lipinski definition) is 4. The fraction of sp³-hybridized carbons (Fsp3) is 0.846. The van der Waals surface area contributed by atoms with Crippen LogP contribution in [-0.4, -0.2) is 36.1 Å². The van der Waals surface area contributed by atoms with E-state index in [9.17, 15) is 9.59 Å². The Labute approximate surface area is 113 Å². The number of ether oxygens (including phenoxy) is 1. The van der Waals surface area contributed by atoms with Gasteiger partial charge in [-0.1, -0.05) is 13.8 Å². The Morgan fingerprint density at radius 2 is 2.05 bits per heavy atom. The van der Waals surface area contributed by atoms with Crippen LogP contribution in [0, 0.1) is 11.3 Å². The predicted octanol–water partition coefficient (Wildman–Crippen LogP) is -0.491. The van der Waals surface area contributed by atoms with Gasteiger partial charge in [0.2, 0.25) is 11.8 Å². The number of carbonyl (C=O) groups excluding carboxylic acids is 2. The van der Waals surface area contributed by atoms with Gasteiger partial charge in [0.15, 0.2) is 0 Å². The van der Waals surface area contributed by atoms with Gasteiger partial charge in [-0.15, -0.1) is 0 Å². The molecule has 0 aromatic carbocycles. The van der Waals surface area contributed by atoms with Crippen molar-refractivity contribution in [2.75, 3.05) is 6.61 Å². The van der Waals surface area contributed by atoms with Gasteiger partial charge >= 0.3 is 0 Å². The van der Waals surface area contributed by atoms with Gasteiger partial charge in [0.1, 0.15) is 11.6 Å². The van der Waals surface area contributed by atoms with Gasteiger partial charge in [-0.05, 0) is 19.8 Å². The molecular formula is C13H23N3O3. The van der Waals surface area contributed by atoms with Crippen molar-refractivity contribution in [1.29, 1.82) is 0 Å². The molecule has 1 saturated heterocycles. The summed E-state index contributed by atoms with van der Waals surface area (Å²) in [5.74, 6) is -0.864. The fourth-order valence-electron chi connectivity index (χ4n) is 3.42. The largest absolute Gasteiger partial charge is 0.377 e. The molecule has 2 amide bonds. The van der Waals surface area contributed by atoms with Gasteiger partial charge in [0, 0.05) is 17.9 Å². The van der Waals surface area contributed by atoms with Gasteiger partial charge in [0.25, 0.3) is 0 Å². The summed E-state index contributed by atoms with van der Waals surface area (Å²) in [7, 11) is 0. The van der Waals surface area contributed by atoms with Crippen LogP contribution >= 0.6 is 0 Å². The third-order valence-electron chi connectivity index (χ3n) is 4.83. The van der Waals surface area contributed by atoms with Crippen molar-refractivity contribution in [3.8, 4) is 0 Å². The third-order valence-corrected chi connectivity index (χ3v) is 4.83. The molecule has 1 saturated carbocycles. The van der Waals surface area contributed by atoms with E-state index in [1.54, 1.807) is 6.92 Å². The SMILES string of the molecule is CC(NC(=O)C1(N)C2CCCOC2C1(C)C)C(N)=O. The number of hydrogen-bond donors (Lipinski definition) is 3. The number of fused-ring (bicyclic) bond motifs is 1. The van der Waals surface area contributed by atoms with Crippen LogP contribution in [0.3, 0.4) is 0 Å². The predicted molar refractivity (Wildman–Crippen MR) is 70.0 cm³/mol. The number of nitrogens with two attached hydrogens (primary N) is 2. The van der Waals surface area contributed by atoms with E-state index in [0.29, 0.717) is 0 Å². The molecule has 19 heavy (non-hydrogen) atoms. The standard InChI is InChI=1S/C13H23N3O3/c1-7(10(14)17)16-11(18)13(15)8-5-4-6-19-9(8)12(13,2)3/h7-9H,4-6,15H2,1-3H3,(H2,14,17)(H,16,18). The summed E-state index contributed by atoms with van der Waals surface area (Å²) in [4.78, 5) is 23.5. The molecule has 0 spiro atoms. The van der Waals surface area contributed by atoms with Crippen molar-refractivity contribution in [3.63, 3.8) is 0 Å². The molecular weight excluding hydrogens is 246 g/mol. The number of primary amides is 1. The molecule has 2 aliphatic rings. The Balaban J connectivity index is 2.17. The summed E-state index contributed by atoms with van der Waals surface area (Å²) < 4.78 is 5.74. The lowest BCUT2D eigenvalue weighted by molar-refractivity contribution is -0.225. The molecule has 108 valence electrons. The summed E-state index contributed by atoms with van der Waals surface area (Å²) in [5.41, 5.74) is 10.1. The maximum Gasteiger partial charge on any atom is 0.241 e. The average molecular weight is 269 g/mol. The van der Waals surface area contributed by atoms with Crippen molar-refractivity contribution in [3.05, 3.63) is 0 Å². The van der Waals surface area contributed by atoms with E-state index < -0.39 is 22.9 Å². The summed E-state index contributed by atoms with van der Waals surface area (Å²) in [5, 5.41) is 2.62. The zero-order valence-electron chi connectivity index (χ0n) is 11.7. The van der Waals surface area contributed by atoms with Crippen LogP contribution in [0.1, 0.15) is 33.6 Å². The molecule has 0 bridgehead atoms. The summed E-state index contributed by atoms with van der Waals surface area (Å²) in [6.45, 7) is 6.16. The molecule has 1 aliphatic carbocycles. The number of carbonyl (C=O) groups is 2. The van der Waals surface area contributed by atoms with Crippen molar-refractivity contribution in [2.24, 2.45) is 22.8 Å². The third kappa shape index (κ3) is 1.85. The van der Waals surface area contributed by atoms with Crippen LogP contribution in [0.15, 0.2) is 0 Å². The van der Waals surface area contributed by atoms with E-state index in [4.69, 9.17) is 16.2 Å². The highest BCUT2D eigenvalue weighted by Gasteiger charge is 2.70. The average Bonchev–Trinajstić information content (AvgIpc) is 2.37. The minimum atomic E-state index is -0.998. The lowest BCUT2D eigenvalue weighted by Crippen LogP contribution is -2.82. The zero-order valence-corrected chi connectivity index (χ0v) is 11.7. The van der Waals surface area contributed by atoms with Crippen molar-refractivity contribution < 1.29 is 14.3 Å². The van der Waals surface area contributed by atoms with Crippen molar-refractivity contribution >= 4 is 11.8 Å². The Hall–Kier alpha value is -1.14. The molecule has 0 aromatic heterocycles. The summed E-state index contributed by atoms with van der Waals surface area (Å²) in [6, 6.07) is -0.715. The lowest BCUT2D eigenvalue weighted by atomic mass is 9.46. The first-order valence-electron chi connectivity index (χ1n) is 6.73. The smallest absolute Gasteiger partial charge is 0.241 e. The van der Waals surface area contributed by atoms with E-state index in [-0.39, 0.29) is 17.9 Å². The molecule has 4 unspecified atom stereocenters. The monoisotopic (exact) mass is 269 g/mol. The molecule has 2 fully saturated rings. The topological polar surface area (TPSA) is 107 Å². The first-order valence-corrected chi connectivity index (χ1v) is 6.73. The number of nitrogens with one attached hydrogen (secondary N) is 1. The Bertz CT molecular complexity index is 410. The van der Waals surface area contributed by atoms with E-state index >= 15 is 0 Å². The summed E-state index contributed by atoms with van der Waals surface area (Å²) >= 11 is 0. The lowest BCUT2D eigenvalue weighted by Gasteiger charge is -2.65. The molecule has 5 N–H and O–H groups in total. The van der Waals surface area contributed by atoms with Crippen molar-refractivity contribution in [2.45, 2.75) is 51.3 Å². The van der Waals surface area contributed by atoms with E-state index in [1.165, 1.54) is 0 Å². The Kier molecular flexibility index (Phi) is 3.35. The fourth-order valence-corrected chi connectivity index (χ4v) is 3.42. The number of rotatable bonds is 3. The van der Waals surface area contributed by atoms with Gasteiger partial charge in [-0.2, -0.15) is 0 Å². The first-order chi connectivity index (χ1) is 8.73. The second-order valence-electron chi connectivity index (χ2n) is 6.23. The molecule has 1 aliphatic heterocycles. The Morgan fingerprint density at radius 1 is 1.42 bits per heavy atom. The maximum atomic E-state index is 12.4. The van der Waals surface area contributed by atoms with Crippen LogP contribution in [0.5, 0.6) is 0 Å². The van der Waals surface area contributed by atoms with Crippen LogP contribution in [0.2, 0.25) is 0 Å². The maximum absolute atomic E-state index is 12.4. The molecule has 1 heterocycles. The second-order valence-corrected chi connectivity index (χ2v) is 6.23. The van der Waals surface area contributed by atoms with E-state index in [0.717, 1.165) is 19.4 Å². The van der Waals surface area contributed by atoms with Crippen LogP contribution in [0.25, 0.3) is 0 Å². The van der Waals surface area contributed by atoms with Crippen LogP contribution in [-0.2, 0) is 14.3 Å². The molecule has 6 nitrogen and oxygen atoms in total. The molecule has 2 rings (SSSR count). The minimum Gasteiger partial charge on any atom is -0.377 e. The minimum absolute atomic E-state index is 0.0105. The molecule has 6 heteroatoms. The highest BCUT2D eigenvalue weighted by atomic mass is 16.5. The van der Waals surface area contributed by atoms with Crippen LogP contribution < -0.4 is 16.8 Å². The van der Waals surface area contributed by atoms with Gasteiger partial charge in [-0.3, -0.25) is 9.59 Å². The highest BCUT2D eigenvalue weighted by Crippen LogP contribution is 2.57. The number of amides is 2. The second kappa shape index (κ2) is 4.45. The van der Waals surface area contributed by atoms with Gasteiger partial charge in [-0.25, -0.2) is 0 Å². The normalized spacial score (nSPS) is 37.7. The van der Waals surface area contributed by atoms with Crippen LogP contribution in [0.4, 0.5) is 0 Å². The zero-order chi connectivity index (χ0) is 14.4. The highest BCUT2D eigenvalue weighted by molar-refractivity contribution is 5.93. The van der Waals surface area contributed by atoms with Crippen molar-refractivity contribution in [1.82, 2.24) is 5.32 Å². The molecule has 0 radical (unpaired) electrons. The first kappa shape index (κ1) is 14.3. The molecule has 4 atom stereocenters. The van der Waals surface area contributed by atoms with E-state index in [1.807, 2.05) is 13.8 Å². The van der Waals surface area contributed by atoms with E-state index in [2.05, 4.69) is 5.32 Å². The summed E-state index contributed by atoms with van der Waals surface area (Å²) in [6.07, 6.45) is 1.80. The quantitative estimate of drug-likeness (QED) is 0.642. The van der Waals surface area contributed by atoms with Gasteiger partial charge < -0.3 is 21.5 Å². The Morgan fingerprint density at radius 3 is 2.63 bits per heavy atom.